The van der Waals surface area contributed by atoms with E-state index >= 15 is 0 Å². The van der Waals surface area contributed by atoms with E-state index < -0.39 is 0 Å². The van der Waals surface area contributed by atoms with Crippen LogP contribution in [-0.4, -0.2) is 19.2 Å². The highest BCUT2D eigenvalue weighted by Crippen LogP contribution is 2.15. The molecule has 0 unspecified atom stereocenters. The van der Waals surface area contributed by atoms with E-state index in [0.29, 0.717) is 13.2 Å². The minimum absolute atomic E-state index is 0.199. The Kier molecular flexibility index (Phi) is 5.64. The summed E-state index contributed by atoms with van der Waals surface area (Å²) in [6.45, 7) is 3.17. The summed E-state index contributed by atoms with van der Waals surface area (Å²) in [6.07, 6.45) is 0.817. The predicted molar refractivity (Wildman–Crippen MR) is 84.8 cm³/mol. The van der Waals surface area contributed by atoms with Crippen molar-refractivity contribution in [2.75, 3.05) is 18.5 Å². The fraction of sp³-hybridized carbons (Fsp3) is 0.235. The molecular formula is C17H20N2O2. The van der Waals surface area contributed by atoms with Gasteiger partial charge >= 0.3 is 6.03 Å². The fourth-order valence-electron chi connectivity index (χ4n) is 1.94. The Morgan fingerprint density at radius 1 is 1.05 bits per heavy atom. The van der Waals surface area contributed by atoms with E-state index in [4.69, 9.17) is 4.74 Å². The minimum atomic E-state index is -0.199. The van der Waals surface area contributed by atoms with Crippen molar-refractivity contribution >= 4 is 11.7 Å². The number of benzene rings is 2. The summed E-state index contributed by atoms with van der Waals surface area (Å²) >= 11 is 0. The van der Waals surface area contributed by atoms with Crippen molar-refractivity contribution in [2.45, 2.75) is 13.3 Å². The largest absolute Gasteiger partial charge is 0.494 e. The third-order valence-electron chi connectivity index (χ3n) is 2.97. The number of carbonyl (C=O) groups is 1. The first-order chi connectivity index (χ1) is 10.3. The average molecular weight is 284 g/mol. The maximum atomic E-state index is 11.8. The van der Waals surface area contributed by atoms with Gasteiger partial charge in [-0.05, 0) is 43.2 Å². The van der Waals surface area contributed by atoms with Crippen LogP contribution in [0.3, 0.4) is 0 Å². The molecule has 0 aliphatic carbocycles. The Hall–Kier alpha value is -2.49. The van der Waals surface area contributed by atoms with Crippen molar-refractivity contribution in [3.05, 3.63) is 60.2 Å². The highest BCUT2D eigenvalue weighted by atomic mass is 16.5. The molecule has 0 fully saturated rings. The second kappa shape index (κ2) is 7.94. The van der Waals surface area contributed by atoms with Crippen molar-refractivity contribution < 1.29 is 9.53 Å². The first-order valence-electron chi connectivity index (χ1n) is 7.09. The van der Waals surface area contributed by atoms with Gasteiger partial charge in [0.15, 0.2) is 0 Å². The number of urea groups is 1. The van der Waals surface area contributed by atoms with Gasteiger partial charge < -0.3 is 15.4 Å². The first-order valence-corrected chi connectivity index (χ1v) is 7.09. The van der Waals surface area contributed by atoms with E-state index in [1.54, 1.807) is 0 Å². The second-order valence-electron chi connectivity index (χ2n) is 4.57. The van der Waals surface area contributed by atoms with Crippen LogP contribution >= 0.6 is 0 Å². The number of anilines is 1. The van der Waals surface area contributed by atoms with E-state index in [9.17, 15) is 4.79 Å². The summed E-state index contributed by atoms with van der Waals surface area (Å²) in [5.74, 6) is 0.799. The molecule has 0 saturated carbocycles. The molecule has 0 bridgehead atoms. The smallest absolute Gasteiger partial charge is 0.319 e. The molecule has 0 atom stereocenters. The van der Waals surface area contributed by atoms with Crippen molar-refractivity contribution in [1.29, 1.82) is 0 Å². The molecule has 0 saturated heterocycles. The van der Waals surface area contributed by atoms with E-state index in [1.165, 1.54) is 5.56 Å². The number of hydrogen-bond acceptors (Lipinski definition) is 2. The third-order valence-corrected chi connectivity index (χ3v) is 2.97. The summed E-state index contributed by atoms with van der Waals surface area (Å²) in [5, 5.41) is 5.63. The Balaban J connectivity index is 1.74. The molecule has 4 nitrogen and oxygen atoms in total. The van der Waals surface area contributed by atoms with Crippen LogP contribution in [0.15, 0.2) is 54.6 Å². The van der Waals surface area contributed by atoms with Gasteiger partial charge in [0.1, 0.15) is 5.75 Å². The Morgan fingerprint density at radius 3 is 2.43 bits per heavy atom. The third kappa shape index (κ3) is 5.18. The number of hydrogen-bond donors (Lipinski definition) is 2. The van der Waals surface area contributed by atoms with Crippen LogP contribution in [0, 0.1) is 0 Å². The molecule has 0 radical (unpaired) electrons. The predicted octanol–water partition coefficient (Wildman–Crippen LogP) is 3.45. The van der Waals surface area contributed by atoms with E-state index in [1.807, 2.05) is 61.5 Å². The van der Waals surface area contributed by atoms with Gasteiger partial charge in [-0.15, -0.1) is 0 Å². The van der Waals surface area contributed by atoms with Gasteiger partial charge in [-0.2, -0.15) is 0 Å². The van der Waals surface area contributed by atoms with E-state index in [2.05, 4.69) is 10.6 Å². The van der Waals surface area contributed by atoms with Crippen LogP contribution in [0.5, 0.6) is 5.75 Å². The first kappa shape index (κ1) is 14.9. The number of ether oxygens (including phenoxy) is 1. The van der Waals surface area contributed by atoms with Gasteiger partial charge in [0.05, 0.1) is 6.61 Å². The quantitative estimate of drug-likeness (QED) is 0.853. The van der Waals surface area contributed by atoms with Crippen molar-refractivity contribution in [3.63, 3.8) is 0 Å². The van der Waals surface area contributed by atoms with Gasteiger partial charge in [-0.25, -0.2) is 4.79 Å². The lowest BCUT2D eigenvalue weighted by molar-refractivity contribution is 0.252. The van der Waals surface area contributed by atoms with Gasteiger partial charge in [0.25, 0.3) is 0 Å². The lowest BCUT2D eigenvalue weighted by atomic mass is 10.1. The number of nitrogens with one attached hydrogen (secondary N) is 2. The topological polar surface area (TPSA) is 50.4 Å². The molecule has 2 rings (SSSR count). The molecule has 0 spiro atoms. The molecule has 110 valence electrons. The average Bonchev–Trinajstić information content (AvgIpc) is 2.51. The number of rotatable bonds is 6. The molecule has 21 heavy (non-hydrogen) atoms. The molecular weight excluding hydrogens is 264 g/mol. The highest BCUT2D eigenvalue weighted by Gasteiger charge is 2.01. The van der Waals surface area contributed by atoms with Crippen LogP contribution in [0.25, 0.3) is 0 Å². The Labute approximate surface area is 125 Å². The molecule has 0 aliphatic heterocycles. The van der Waals surface area contributed by atoms with Crippen LogP contribution in [0.4, 0.5) is 10.5 Å². The lowest BCUT2D eigenvalue weighted by Gasteiger charge is -2.08. The molecule has 4 heteroatoms. The standard InChI is InChI=1S/C17H20N2O2/c1-2-21-16-10-8-15(9-11-16)19-17(20)18-13-12-14-6-4-3-5-7-14/h3-11H,2,12-13H2,1H3,(H2,18,19,20). The zero-order valence-corrected chi connectivity index (χ0v) is 12.1. The molecule has 2 amide bonds. The SMILES string of the molecule is CCOc1ccc(NC(=O)NCCc2ccccc2)cc1. The second-order valence-corrected chi connectivity index (χ2v) is 4.57. The minimum Gasteiger partial charge on any atom is -0.494 e. The normalized spacial score (nSPS) is 9.95. The molecule has 2 aromatic rings. The lowest BCUT2D eigenvalue weighted by Crippen LogP contribution is -2.30. The number of amides is 2. The van der Waals surface area contributed by atoms with Crippen LogP contribution in [-0.2, 0) is 6.42 Å². The maximum Gasteiger partial charge on any atom is 0.319 e. The molecule has 0 heterocycles. The van der Waals surface area contributed by atoms with Gasteiger partial charge in [-0.1, -0.05) is 30.3 Å². The van der Waals surface area contributed by atoms with E-state index in [-0.39, 0.29) is 6.03 Å². The Morgan fingerprint density at radius 2 is 1.76 bits per heavy atom. The zero-order chi connectivity index (χ0) is 14.9. The van der Waals surface area contributed by atoms with E-state index in [0.717, 1.165) is 17.9 Å². The monoisotopic (exact) mass is 284 g/mol. The molecule has 2 aromatic carbocycles. The highest BCUT2D eigenvalue weighted by molar-refractivity contribution is 5.89. The Bertz CT molecular complexity index is 553. The van der Waals surface area contributed by atoms with Gasteiger partial charge in [0.2, 0.25) is 0 Å². The maximum absolute atomic E-state index is 11.8. The van der Waals surface area contributed by atoms with Crippen LogP contribution in [0.2, 0.25) is 0 Å². The summed E-state index contributed by atoms with van der Waals surface area (Å²) in [7, 11) is 0. The van der Waals surface area contributed by atoms with Crippen molar-refractivity contribution in [3.8, 4) is 5.75 Å². The van der Waals surface area contributed by atoms with Gasteiger partial charge in [-0.3, -0.25) is 0 Å². The molecule has 2 N–H and O–H groups in total. The summed E-state index contributed by atoms with van der Waals surface area (Å²) in [4.78, 5) is 11.8. The zero-order valence-electron chi connectivity index (χ0n) is 12.1. The molecule has 0 aromatic heterocycles. The van der Waals surface area contributed by atoms with Crippen molar-refractivity contribution in [2.24, 2.45) is 0 Å². The fourth-order valence-corrected chi connectivity index (χ4v) is 1.94. The van der Waals surface area contributed by atoms with Crippen molar-refractivity contribution in [1.82, 2.24) is 5.32 Å². The summed E-state index contributed by atoms with van der Waals surface area (Å²) in [5.41, 5.74) is 1.95. The van der Waals surface area contributed by atoms with Gasteiger partial charge in [0, 0.05) is 12.2 Å². The number of carbonyl (C=O) groups excluding carboxylic acids is 1. The van der Waals surface area contributed by atoms with Crippen LogP contribution in [0.1, 0.15) is 12.5 Å². The van der Waals surface area contributed by atoms with Crippen LogP contribution < -0.4 is 15.4 Å². The summed E-state index contributed by atoms with van der Waals surface area (Å²) < 4.78 is 5.35. The summed E-state index contributed by atoms with van der Waals surface area (Å²) in [6, 6.07) is 17.2. The molecule has 0 aliphatic rings.